The van der Waals surface area contributed by atoms with Gasteiger partial charge in [-0.25, -0.2) is 5.43 Å². The average Bonchev–Trinajstić information content (AvgIpc) is 2.69. The van der Waals surface area contributed by atoms with Crippen LogP contribution >= 0.6 is 15.9 Å². The standard InChI is InChI=1S/C22H23BrN2O4/c1-4-11-29-22-19(23)12-17(13-20(22)28-6-3)15-24-25-21(26)14-16-7-9-18(10-8-16)27-5-2/h1,7-10,12-13,15H,5-6,11,14H2,2-3H3,(H,25,26)/b24-15-. The molecule has 0 heterocycles. The van der Waals surface area contributed by atoms with Crippen LogP contribution in [-0.4, -0.2) is 31.9 Å². The minimum atomic E-state index is -0.219. The normalized spacial score (nSPS) is 10.4. The number of carbonyl (C=O) groups is 1. The lowest BCUT2D eigenvalue weighted by Crippen LogP contribution is -2.19. The third-order valence-corrected chi connectivity index (χ3v) is 4.22. The predicted molar refractivity (Wildman–Crippen MR) is 117 cm³/mol. The molecule has 29 heavy (non-hydrogen) atoms. The molecule has 0 fully saturated rings. The Bertz CT molecular complexity index is 889. The maximum absolute atomic E-state index is 12.1. The molecule has 0 atom stereocenters. The quantitative estimate of drug-likeness (QED) is 0.332. The molecule has 1 N–H and O–H groups in total. The number of terminal acetylenes is 1. The van der Waals surface area contributed by atoms with Crippen molar-refractivity contribution < 1.29 is 19.0 Å². The number of hydrazone groups is 1. The number of hydrogen-bond acceptors (Lipinski definition) is 5. The van der Waals surface area contributed by atoms with Gasteiger partial charge in [0.05, 0.1) is 30.3 Å². The lowest BCUT2D eigenvalue weighted by Gasteiger charge is -2.13. The van der Waals surface area contributed by atoms with Crippen molar-refractivity contribution in [3.05, 3.63) is 52.0 Å². The number of carbonyl (C=O) groups excluding carboxylic acids is 1. The highest BCUT2D eigenvalue weighted by Gasteiger charge is 2.11. The average molecular weight is 459 g/mol. The molecule has 152 valence electrons. The van der Waals surface area contributed by atoms with Crippen LogP contribution in [0.2, 0.25) is 0 Å². The molecular weight excluding hydrogens is 436 g/mol. The summed E-state index contributed by atoms with van der Waals surface area (Å²) < 4.78 is 17.2. The Morgan fingerprint density at radius 3 is 2.55 bits per heavy atom. The summed E-state index contributed by atoms with van der Waals surface area (Å²) in [5.41, 5.74) is 4.13. The summed E-state index contributed by atoms with van der Waals surface area (Å²) in [6, 6.07) is 11.0. The lowest BCUT2D eigenvalue weighted by molar-refractivity contribution is -0.120. The first-order valence-corrected chi connectivity index (χ1v) is 9.92. The molecule has 0 aliphatic heterocycles. The van der Waals surface area contributed by atoms with Gasteiger partial charge in [-0.15, -0.1) is 6.42 Å². The second-order valence-electron chi connectivity index (χ2n) is 5.80. The number of halogens is 1. The van der Waals surface area contributed by atoms with Crippen LogP contribution in [0, 0.1) is 12.3 Å². The van der Waals surface area contributed by atoms with E-state index in [1.165, 1.54) is 6.21 Å². The van der Waals surface area contributed by atoms with Crippen molar-refractivity contribution >= 4 is 28.1 Å². The van der Waals surface area contributed by atoms with E-state index < -0.39 is 0 Å². The summed E-state index contributed by atoms with van der Waals surface area (Å²) in [6.45, 7) is 5.01. The minimum absolute atomic E-state index is 0.133. The summed E-state index contributed by atoms with van der Waals surface area (Å²) in [4.78, 5) is 12.1. The van der Waals surface area contributed by atoms with Crippen LogP contribution in [0.3, 0.4) is 0 Å². The van der Waals surface area contributed by atoms with E-state index in [1.54, 1.807) is 12.1 Å². The highest BCUT2D eigenvalue weighted by atomic mass is 79.9. The second-order valence-corrected chi connectivity index (χ2v) is 6.66. The van der Waals surface area contributed by atoms with Crippen molar-refractivity contribution in [1.29, 1.82) is 0 Å². The minimum Gasteiger partial charge on any atom is -0.494 e. The largest absolute Gasteiger partial charge is 0.494 e. The van der Waals surface area contributed by atoms with Crippen molar-refractivity contribution in [3.8, 4) is 29.6 Å². The Kier molecular flexibility index (Phi) is 9.06. The molecule has 7 heteroatoms. The molecular formula is C22H23BrN2O4. The van der Waals surface area contributed by atoms with E-state index in [4.69, 9.17) is 20.6 Å². The van der Waals surface area contributed by atoms with Crippen LogP contribution in [0.25, 0.3) is 0 Å². The maximum atomic E-state index is 12.1. The van der Waals surface area contributed by atoms with Crippen LogP contribution in [0.4, 0.5) is 0 Å². The van der Waals surface area contributed by atoms with Gasteiger partial charge in [-0.3, -0.25) is 4.79 Å². The Morgan fingerprint density at radius 1 is 1.17 bits per heavy atom. The highest BCUT2D eigenvalue weighted by Crippen LogP contribution is 2.36. The summed E-state index contributed by atoms with van der Waals surface area (Å²) >= 11 is 3.45. The molecule has 0 unspecified atom stereocenters. The fourth-order valence-electron chi connectivity index (χ4n) is 2.45. The topological polar surface area (TPSA) is 69.2 Å². The fourth-order valence-corrected chi connectivity index (χ4v) is 3.03. The maximum Gasteiger partial charge on any atom is 0.244 e. The fraction of sp³-hybridized carbons (Fsp3) is 0.273. The van der Waals surface area contributed by atoms with Gasteiger partial charge in [-0.1, -0.05) is 18.1 Å². The molecule has 6 nitrogen and oxygen atoms in total. The van der Waals surface area contributed by atoms with E-state index in [-0.39, 0.29) is 18.9 Å². The summed E-state index contributed by atoms with van der Waals surface area (Å²) in [5.74, 6) is 4.05. The molecule has 2 aromatic rings. The molecule has 0 aliphatic carbocycles. The van der Waals surface area contributed by atoms with Gasteiger partial charge in [0, 0.05) is 0 Å². The number of amides is 1. The van der Waals surface area contributed by atoms with Gasteiger partial charge < -0.3 is 14.2 Å². The van der Waals surface area contributed by atoms with Gasteiger partial charge in [-0.05, 0) is 65.2 Å². The van der Waals surface area contributed by atoms with Gasteiger partial charge in [0.15, 0.2) is 11.5 Å². The van der Waals surface area contributed by atoms with Gasteiger partial charge in [-0.2, -0.15) is 5.10 Å². The van der Waals surface area contributed by atoms with Gasteiger partial charge in [0.1, 0.15) is 12.4 Å². The van der Waals surface area contributed by atoms with E-state index in [0.717, 1.165) is 16.9 Å². The molecule has 0 radical (unpaired) electrons. The first-order valence-electron chi connectivity index (χ1n) is 9.13. The van der Waals surface area contributed by atoms with E-state index in [9.17, 15) is 4.79 Å². The first kappa shape index (κ1) is 22.3. The Labute approximate surface area is 179 Å². The van der Waals surface area contributed by atoms with Crippen LogP contribution in [0.15, 0.2) is 46.0 Å². The Morgan fingerprint density at radius 2 is 1.90 bits per heavy atom. The van der Waals surface area contributed by atoms with E-state index >= 15 is 0 Å². The molecule has 0 aromatic heterocycles. The van der Waals surface area contributed by atoms with Gasteiger partial charge >= 0.3 is 0 Å². The van der Waals surface area contributed by atoms with Crippen LogP contribution < -0.4 is 19.6 Å². The molecule has 2 rings (SSSR count). The van der Waals surface area contributed by atoms with Crippen molar-refractivity contribution in [3.63, 3.8) is 0 Å². The third-order valence-electron chi connectivity index (χ3n) is 3.63. The first-order chi connectivity index (χ1) is 14.1. The van der Waals surface area contributed by atoms with Gasteiger partial charge in [0.2, 0.25) is 5.91 Å². The van der Waals surface area contributed by atoms with Crippen LogP contribution in [0.5, 0.6) is 17.2 Å². The predicted octanol–water partition coefficient (Wildman–Crippen LogP) is 3.95. The smallest absolute Gasteiger partial charge is 0.244 e. The zero-order valence-electron chi connectivity index (χ0n) is 16.4. The summed E-state index contributed by atoms with van der Waals surface area (Å²) in [7, 11) is 0. The van der Waals surface area contributed by atoms with Crippen molar-refractivity contribution in [2.24, 2.45) is 5.10 Å². The number of ether oxygens (including phenoxy) is 3. The number of nitrogens with zero attached hydrogens (tertiary/aromatic N) is 1. The molecule has 0 bridgehead atoms. The van der Waals surface area contributed by atoms with E-state index in [2.05, 4.69) is 32.4 Å². The zero-order chi connectivity index (χ0) is 21.1. The Hall–Kier alpha value is -2.98. The van der Waals surface area contributed by atoms with Crippen LogP contribution in [-0.2, 0) is 11.2 Å². The molecule has 0 spiro atoms. The lowest BCUT2D eigenvalue weighted by atomic mass is 10.1. The van der Waals surface area contributed by atoms with E-state index in [0.29, 0.717) is 29.2 Å². The molecule has 0 saturated heterocycles. The highest BCUT2D eigenvalue weighted by molar-refractivity contribution is 9.10. The SMILES string of the molecule is C#CCOc1c(Br)cc(/C=N\NC(=O)Cc2ccc(OCC)cc2)cc1OCC. The number of nitrogens with one attached hydrogen (secondary N) is 1. The molecule has 0 aliphatic rings. The monoisotopic (exact) mass is 458 g/mol. The van der Waals surface area contributed by atoms with Crippen molar-refractivity contribution in [2.45, 2.75) is 20.3 Å². The molecule has 1 amide bonds. The van der Waals surface area contributed by atoms with E-state index in [1.807, 2.05) is 38.1 Å². The Balaban J connectivity index is 1.99. The summed E-state index contributed by atoms with van der Waals surface area (Å²) in [6.07, 6.45) is 7.01. The third kappa shape index (κ3) is 7.16. The zero-order valence-corrected chi connectivity index (χ0v) is 18.0. The number of rotatable bonds is 10. The number of benzene rings is 2. The number of hydrogen-bond donors (Lipinski definition) is 1. The van der Waals surface area contributed by atoms with Crippen molar-refractivity contribution in [2.75, 3.05) is 19.8 Å². The van der Waals surface area contributed by atoms with Crippen LogP contribution in [0.1, 0.15) is 25.0 Å². The van der Waals surface area contributed by atoms with Crippen molar-refractivity contribution in [1.82, 2.24) is 5.43 Å². The molecule has 0 saturated carbocycles. The molecule has 2 aromatic carbocycles. The van der Waals surface area contributed by atoms with Gasteiger partial charge in [0.25, 0.3) is 0 Å². The summed E-state index contributed by atoms with van der Waals surface area (Å²) in [5, 5.41) is 4.02. The second kappa shape index (κ2) is 11.8.